The van der Waals surface area contributed by atoms with Gasteiger partial charge in [0.15, 0.2) is 0 Å². The molecule has 0 amide bonds. The Bertz CT molecular complexity index is 539. The average molecular weight is 349 g/mol. The van der Waals surface area contributed by atoms with Crippen molar-refractivity contribution in [1.29, 1.82) is 0 Å². The first-order chi connectivity index (χ1) is 11.6. The molecular weight excluding hydrogens is 312 g/mol. The molecule has 0 heterocycles. The minimum atomic E-state index is -0.621. The number of carbonyl (C=O) groups excluding carboxylic acids is 1. The first-order valence-corrected chi connectivity index (χ1v) is 9.72. The van der Waals surface area contributed by atoms with Crippen molar-refractivity contribution in [1.82, 2.24) is 0 Å². The number of rotatable bonds is 6. The molecule has 1 N–H and O–H groups in total. The van der Waals surface area contributed by atoms with Crippen molar-refractivity contribution in [3.8, 4) is 0 Å². The Hall–Kier alpha value is -1.09. The third kappa shape index (κ3) is 3.86. The van der Waals surface area contributed by atoms with E-state index in [2.05, 4.69) is 27.0 Å². The van der Waals surface area contributed by atoms with Gasteiger partial charge in [-0.05, 0) is 74.2 Å². The Kier molecular flexibility index (Phi) is 5.88. The highest BCUT2D eigenvalue weighted by Crippen LogP contribution is 2.61. The molecule has 0 bridgehead atoms. The summed E-state index contributed by atoms with van der Waals surface area (Å²) in [5.74, 6) is 0.671. The van der Waals surface area contributed by atoms with Gasteiger partial charge in [0.05, 0.1) is 0 Å². The highest BCUT2D eigenvalue weighted by molar-refractivity contribution is 5.66. The van der Waals surface area contributed by atoms with Crippen LogP contribution in [0.2, 0.25) is 0 Å². The molecule has 0 aromatic rings. The zero-order chi connectivity index (χ0) is 18.9. The van der Waals surface area contributed by atoms with Crippen LogP contribution in [-0.4, -0.2) is 23.3 Å². The van der Waals surface area contributed by atoms with E-state index in [-0.39, 0.29) is 23.4 Å². The van der Waals surface area contributed by atoms with Crippen LogP contribution in [0.15, 0.2) is 24.8 Å². The first-order valence-electron chi connectivity index (χ1n) is 9.72. The molecule has 0 saturated heterocycles. The quantitative estimate of drug-likeness (QED) is 0.540. The lowest BCUT2D eigenvalue weighted by Gasteiger charge is -2.58. The summed E-state index contributed by atoms with van der Waals surface area (Å²) in [5, 5.41) is 10.1. The van der Waals surface area contributed by atoms with Crippen LogP contribution in [0.1, 0.15) is 72.6 Å². The minimum Gasteiger partial charge on any atom is -0.455 e. The molecule has 3 heteroatoms. The van der Waals surface area contributed by atoms with Crippen molar-refractivity contribution in [2.75, 3.05) is 6.61 Å². The number of ether oxygens (including phenoxy) is 1. The predicted molar refractivity (Wildman–Crippen MR) is 102 cm³/mol. The predicted octanol–water partition coefficient (Wildman–Crippen LogP) is 5.05. The van der Waals surface area contributed by atoms with Crippen molar-refractivity contribution in [2.45, 2.75) is 78.2 Å². The Morgan fingerprint density at radius 3 is 2.68 bits per heavy atom. The number of hydrogen-bond donors (Lipinski definition) is 1. The molecule has 142 valence electrons. The van der Waals surface area contributed by atoms with E-state index in [1.54, 1.807) is 6.08 Å². The lowest BCUT2D eigenvalue weighted by Crippen LogP contribution is -2.52. The lowest BCUT2D eigenvalue weighted by atomic mass is 9.46. The van der Waals surface area contributed by atoms with Gasteiger partial charge in [0, 0.05) is 13.5 Å². The molecule has 5 atom stereocenters. The number of aliphatic hydroxyl groups is 1. The molecule has 2 aliphatic carbocycles. The molecule has 0 radical (unpaired) electrons. The number of hydrogen-bond acceptors (Lipinski definition) is 3. The van der Waals surface area contributed by atoms with Gasteiger partial charge in [0.1, 0.15) is 5.60 Å². The zero-order valence-corrected chi connectivity index (χ0v) is 16.6. The molecule has 0 spiro atoms. The summed E-state index contributed by atoms with van der Waals surface area (Å²) < 4.78 is 5.52. The van der Waals surface area contributed by atoms with Crippen LogP contribution in [-0.2, 0) is 9.53 Å². The molecule has 3 nitrogen and oxygen atoms in total. The number of aliphatic hydroxyl groups excluding tert-OH is 1. The molecule has 2 saturated carbocycles. The molecule has 0 aliphatic heterocycles. The smallest absolute Gasteiger partial charge is 0.303 e. The van der Waals surface area contributed by atoms with Gasteiger partial charge in [0.2, 0.25) is 0 Å². The summed E-state index contributed by atoms with van der Waals surface area (Å²) in [5.41, 5.74) is 0.896. The first kappa shape index (κ1) is 20.2. The fourth-order valence-electron chi connectivity index (χ4n) is 5.76. The van der Waals surface area contributed by atoms with E-state index in [1.165, 1.54) is 18.9 Å². The molecule has 0 aromatic heterocycles. The Labute approximate surface area is 153 Å². The minimum absolute atomic E-state index is 0.0174. The third-order valence-corrected chi connectivity index (χ3v) is 7.24. The lowest BCUT2D eigenvalue weighted by molar-refractivity contribution is -0.152. The van der Waals surface area contributed by atoms with E-state index < -0.39 is 5.60 Å². The molecule has 2 rings (SSSR count). The molecule has 0 aromatic carbocycles. The molecule has 25 heavy (non-hydrogen) atoms. The SMILES string of the molecule is C=C[C@](C)(CC[C@H]1C(=C)CC[C@H]2[C@@](C)(CO)CCC[C@]12C)OC(C)=O. The van der Waals surface area contributed by atoms with Gasteiger partial charge in [-0.15, -0.1) is 0 Å². The Morgan fingerprint density at radius 1 is 1.44 bits per heavy atom. The normalized spacial score (nSPS) is 37.7. The summed E-state index contributed by atoms with van der Waals surface area (Å²) in [4.78, 5) is 11.4. The highest BCUT2D eigenvalue weighted by atomic mass is 16.6. The van der Waals surface area contributed by atoms with E-state index in [0.29, 0.717) is 11.8 Å². The fourth-order valence-corrected chi connectivity index (χ4v) is 5.76. The summed E-state index contributed by atoms with van der Waals surface area (Å²) in [7, 11) is 0. The third-order valence-electron chi connectivity index (χ3n) is 7.24. The van der Waals surface area contributed by atoms with Crippen molar-refractivity contribution >= 4 is 5.97 Å². The number of carbonyl (C=O) groups is 1. The Balaban J connectivity index is 2.22. The van der Waals surface area contributed by atoms with Crippen molar-refractivity contribution < 1.29 is 14.6 Å². The number of esters is 1. The second-order valence-electron chi connectivity index (χ2n) is 9.12. The van der Waals surface area contributed by atoms with Crippen LogP contribution < -0.4 is 0 Å². The van der Waals surface area contributed by atoms with Crippen molar-refractivity contribution in [2.24, 2.45) is 22.7 Å². The molecule has 2 fully saturated rings. The summed E-state index contributed by atoms with van der Waals surface area (Å²) in [6, 6.07) is 0. The summed E-state index contributed by atoms with van der Waals surface area (Å²) in [6.45, 7) is 16.6. The topological polar surface area (TPSA) is 46.5 Å². The van der Waals surface area contributed by atoms with Crippen LogP contribution >= 0.6 is 0 Å². The van der Waals surface area contributed by atoms with Gasteiger partial charge >= 0.3 is 5.97 Å². The number of allylic oxidation sites excluding steroid dienone is 1. The van der Waals surface area contributed by atoms with Crippen molar-refractivity contribution in [3.05, 3.63) is 24.8 Å². The number of fused-ring (bicyclic) bond motifs is 1. The zero-order valence-electron chi connectivity index (χ0n) is 16.6. The van der Waals surface area contributed by atoms with Crippen LogP contribution in [0.25, 0.3) is 0 Å². The second kappa shape index (κ2) is 7.26. The summed E-state index contributed by atoms with van der Waals surface area (Å²) in [6.07, 6.45) is 9.09. The van der Waals surface area contributed by atoms with Crippen LogP contribution in [0.3, 0.4) is 0 Å². The van der Waals surface area contributed by atoms with E-state index in [4.69, 9.17) is 4.74 Å². The maximum atomic E-state index is 11.4. The fraction of sp³-hybridized carbons (Fsp3) is 0.773. The standard InChI is InChI=1S/C22H36O3/c1-7-21(5,25-17(3)24)14-11-18-16(2)9-10-19-20(4,15-23)12-8-13-22(18,19)6/h7,18-19,23H,1-2,8-15H2,3-6H3/t18-,19-,20+,21+,22+/m0/s1. The van der Waals surface area contributed by atoms with E-state index >= 15 is 0 Å². The average Bonchev–Trinajstić information content (AvgIpc) is 2.53. The van der Waals surface area contributed by atoms with Crippen LogP contribution in [0, 0.1) is 22.7 Å². The Morgan fingerprint density at radius 2 is 2.12 bits per heavy atom. The van der Waals surface area contributed by atoms with Gasteiger partial charge < -0.3 is 9.84 Å². The van der Waals surface area contributed by atoms with Crippen LogP contribution in [0.4, 0.5) is 0 Å². The molecule has 0 unspecified atom stereocenters. The molecule has 2 aliphatic rings. The van der Waals surface area contributed by atoms with E-state index in [0.717, 1.165) is 38.5 Å². The van der Waals surface area contributed by atoms with Gasteiger partial charge in [0.25, 0.3) is 0 Å². The monoisotopic (exact) mass is 348 g/mol. The van der Waals surface area contributed by atoms with Crippen molar-refractivity contribution in [3.63, 3.8) is 0 Å². The van der Waals surface area contributed by atoms with Gasteiger partial charge in [-0.2, -0.15) is 0 Å². The van der Waals surface area contributed by atoms with E-state index in [1.807, 2.05) is 6.92 Å². The molecular formula is C22H36O3. The largest absolute Gasteiger partial charge is 0.455 e. The maximum Gasteiger partial charge on any atom is 0.303 e. The van der Waals surface area contributed by atoms with Gasteiger partial charge in [-0.1, -0.05) is 39.0 Å². The van der Waals surface area contributed by atoms with E-state index in [9.17, 15) is 9.90 Å². The second-order valence-corrected chi connectivity index (χ2v) is 9.12. The maximum absolute atomic E-state index is 11.4. The summed E-state index contributed by atoms with van der Waals surface area (Å²) >= 11 is 0. The van der Waals surface area contributed by atoms with Gasteiger partial charge in [-0.25, -0.2) is 0 Å². The highest BCUT2D eigenvalue weighted by Gasteiger charge is 2.54. The van der Waals surface area contributed by atoms with Crippen LogP contribution in [0.5, 0.6) is 0 Å². The van der Waals surface area contributed by atoms with Gasteiger partial charge in [-0.3, -0.25) is 4.79 Å².